The molecule has 5 nitrogen and oxygen atoms in total. The smallest absolute Gasteiger partial charge is 0.263 e. The molecule has 1 N–H and O–H groups in total. The Bertz CT molecular complexity index is 513. The summed E-state index contributed by atoms with van der Waals surface area (Å²) in [6.45, 7) is 4.16. The van der Waals surface area contributed by atoms with Gasteiger partial charge in [-0.2, -0.15) is 8.42 Å². The summed E-state index contributed by atoms with van der Waals surface area (Å²) in [5.74, 6) is 0.819. The molecule has 1 aromatic rings. The molecule has 0 aromatic carbocycles. The van der Waals surface area contributed by atoms with Crippen molar-refractivity contribution in [2.45, 2.75) is 26.2 Å². The van der Waals surface area contributed by atoms with Gasteiger partial charge in [0.1, 0.15) is 0 Å². The average Bonchev–Trinajstić information content (AvgIpc) is 2.48. The molecule has 0 aliphatic carbocycles. The first kappa shape index (κ1) is 11.2. The summed E-state index contributed by atoms with van der Waals surface area (Å²) in [4.78, 5) is 4.38. The van der Waals surface area contributed by atoms with E-state index in [2.05, 4.69) is 23.6 Å². The topological polar surface area (TPSA) is 62.3 Å². The van der Waals surface area contributed by atoms with E-state index in [-0.39, 0.29) is 0 Å². The molecule has 0 saturated carbocycles. The van der Waals surface area contributed by atoms with E-state index in [1.165, 1.54) is 11.4 Å². The van der Waals surface area contributed by atoms with Crippen molar-refractivity contribution in [3.05, 3.63) is 17.8 Å². The molecule has 0 saturated heterocycles. The largest absolute Gasteiger partial charge is 0.325 e. The number of anilines is 2. The highest BCUT2D eigenvalue weighted by atomic mass is 32.2. The van der Waals surface area contributed by atoms with Crippen LogP contribution in [0.25, 0.3) is 0 Å². The van der Waals surface area contributed by atoms with Gasteiger partial charge in [-0.15, -0.1) is 0 Å². The minimum Gasteiger partial charge on any atom is -0.263 e. The summed E-state index contributed by atoms with van der Waals surface area (Å²) >= 11 is 0. The molecule has 1 aliphatic rings. The molecule has 1 unspecified atom stereocenters. The zero-order chi connectivity index (χ0) is 11.9. The third kappa shape index (κ3) is 1.63. The van der Waals surface area contributed by atoms with E-state index in [9.17, 15) is 8.42 Å². The van der Waals surface area contributed by atoms with Crippen molar-refractivity contribution >= 4 is 21.7 Å². The van der Waals surface area contributed by atoms with Crippen molar-refractivity contribution < 1.29 is 8.42 Å². The number of hydrogen-bond acceptors (Lipinski definition) is 3. The van der Waals surface area contributed by atoms with Gasteiger partial charge in [0.15, 0.2) is 5.82 Å². The molecule has 0 bridgehead atoms. The number of aromatic nitrogens is 1. The predicted molar refractivity (Wildman–Crippen MR) is 63.9 cm³/mol. The fraction of sp³-hybridized carbons (Fsp3) is 0.500. The second kappa shape index (κ2) is 3.62. The van der Waals surface area contributed by atoms with Crippen LogP contribution in [0.3, 0.4) is 0 Å². The second-order valence-corrected chi connectivity index (χ2v) is 5.69. The summed E-state index contributed by atoms with van der Waals surface area (Å²) in [6.07, 6.45) is 0.982. The first-order chi connectivity index (χ1) is 7.45. The van der Waals surface area contributed by atoms with E-state index in [0.717, 1.165) is 12.1 Å². The molecule has 1 aromatic heterocycles. The Morgan fingerprint density at radius 1 is 1.50 bits per heavy atom. The standard InChI is InChI=1S/C10H15N3O2S/c1-4-7(2)8-5-6-9-10(11-8)13(3)16(14,15)12-9/h5-7,12H,4H2,1-3H3. The number of nitrogens with one attached hydrogen (secondary N) is 1. The molecular formula is C10H15N3O2S. The fourth-order valence-electron chi connectivity index (χ4n) is 1.59. The zero-order valence-electron chi connectivity index (χ0n) is 9.56. The molecule has 2 rings (SSSR count). The minimum atomic E-state index is -3.41. The van der Waals surface area contributed by atoms with Crippen molar-refractivity contribution in [1.29, 1.82) is 0 Å². The van der Waals surface area contributed by atoms with Gasteiger partial charge in [-0.1, -0.05) is 13.8 Å². The van der Waals surface area contributed by atoms with Gasteiger partial charge in [-0.3, -0.25) is 4.72 Å². The van der Waals surface area contributed by atoms with Crippen LogP contribution in [0, 0.1) is 0 Å². The summed E-state index contributed by atoms with van der Waals surface area (Å²) in [5, 5.41) is 0. The number of pyridine rings is 1. The summed E-state index contributed by atoms with van der Waals surface area (Å²) < 4.78 is 26.7. The summed E-state index contributed by atoms with van der Waals surface area (Å²) in [7, 11) is -1.91. The lowest BCUT2D eigenvalue weighted by Gasteiger charge is -2.11. The number of nitrogens with zero attached hydrogens (tertiary/aromatic N) is 2. The van der Waals surface area contributed by atoms with E-state index in [1.807, 2.05) is 6.07 Å². The van der Waals surface area contributed by atoms with E-state index in [0.29, 0.717) is 17.4 Å². The molecule has 0 fully saturated rings. The molecule has 1 atom stereocenters. The van der Waals surface area contributed by atoms with Crippen LogP contribution in [0.1, 0.15) is 31.9 Å². The third-order valence-corrected chi connectivity index (χ3v) is 4.28. The van der Waals surface area contributed by atoms with Gasteiger partial charge in [0.05, 0.1) is 5.69 Å². The Kier molecular flexibility index (Phi) is 2.53. The third-order valence-electron chi connectivity index (χ3n) is 2.91. The van der Waals surface area contributed by atoms with E-state index >= 15 is 0 Å². The van der Waals surface area contributed by atoms with Crippen molar-refractivity contribution in [2.24, 2.45) is 0 Å². The first-order valence-electron chi connectivity index (χ1n) is 5.23. The van der Waals surface area contributed by atoms with Crippen LogP contribution in [-0.2, 0) is 10.2 Å². The van der Waals surface area contributed by atoms with Gasteiger partial charge in [-0.05, 0) is 24.5 Å². The predicted octanol–water partition coefficient (Wildman–Crippen LogP) is 1.70. The lowest BCUT2D eigenvalue weighted by molar-refractivity contribution is 0.601. The maximum atomic E-state index is 11.5. The van der Waals surface area contributed by atoms with Crippen LogP contribution in [-0.4, -0.2) is 20.4 Å². The molecule has 16 heavy (non-hydrogen) atoms. The Hall–Kier alpha value is -1.30. The van der Waals surface area contributed by atoms with E-state index in [4.69, 9.17) is 0 Å². The number of rotatable bonds is 2. The van der Waals surface area contributed by atoms with E-state index in [1.54, 1.807) is 6.07 Å². The van der Waals surface area contributed by atoms with Crippen LogP contribution >= 0.6 is 0 Å². The maximum absolute atomic E-state index is 11.5. The van der Waals surface area contributed by atoms with Crippen LogP contribution < -0.4 is 9.03 Å². The Morgan fingerprint density at radius 2 is 2.19 bits per heavy atom. The van der Waals surface area contributed by atoms with Crippen molar-refractivity contribution in [1.82, 2.24) is 4.98 Å². The van der Waals surface area contributed by atoms with Gasteiger partial charge in [0.2, 0.25) is 0 Å². The molecule has 0 amide bonds. The molecule has 2 heterocycles. The highest BCUT2D eigenvalue weighted by molar-refractivity contribution is 7.94. The van der Waals surface area contributed by atoms with Crippen LogP contribution in [0.2, 0.25) is 0 Å². The lowest BCUT2D eigenvalue weighted by Crippen LogP contribution is -2.25. The van der Waals surface area contributed by atoms with Crippen molar-refractivity contribution in [2.75, 3.05) is 16.1 Å². The summed E-state index contributed by atoms with van der Waals surface area (Å²) in [6, 6.07) is 3.64. The van der Waals surface area contributed by atoms with Crippen LogP contribution in [0.5, 0.6) is 0 Å². The summed E-state index contributed by atoms with van der Waals surface area (Å²) in [5.41, 5.74) is 1.47. The Labute approximate surface area is 95.7 Å². The monoisotopic (exact) mass is 241 g/mol. The van der Waals surface area contributed by atoms with Gasteiger partial charge in [0, 0.05) is 12.7 Å². The van der Waals surface area contributed by atoms with Gasteiger partial charge in [0.25, 0.3) is 0 Å². The lowest BCUT2D eigenvalue weighted by atomic mass is 10.0. The van der Waals surface area contributed by atoms with Crippen molar-refractivity contribution in [3.8, 4) is 0 Å². The minimum absolute atomic E-state index is 0.335. The van der Waals surface area contributed by atoms with Crippen molar-refractivity contribution in [3.63, 3.8) is 0 Å². The van der Waals surface area contributed by atoms with Gasteiger partial charge in [-0.25, -0.2) is 9.29 Å². The Balaban J connectivity index is 2.47. The molecule has 6 heteroatoms. The Morgan fingerprint density at radius 3 is 2.81 bits per heavy atom. The maximum Gasteiger partial charge on any atom is 0.325 e. The zero-order valence-corrected chi connectivity index (χ0v) is 10.4. The molecule has 0 spiro atoms. The highest BCUT2D eigenvalue weighted by Gasteiger charge is 2.31. The van der Waals surface area contributed by atoms with Gasteiger partial charge >= 0.3 is 10.2 Å². The SMILES string of the molecule is CCC(C)c1ccc2c(n1)N(C)S(=O)(=O)N2. The van der Waals surface area contributed by atoms with E-state index < -0.39 is 10.2 Å². The van der Waals surface area contributed by atoms with Gasteiger partial charge < -0.3 is 0 Å². The molecule has 0 radical (unpaired) electrons. The van der Waals surface area contributed by atoms with Crippen LogP contribution in [0.15, 0.2) is 12.1 Å². The molecule has 1 aliphatic heterocycles. The normalized spacial score (nSPS) is 19.1. The molecule has 88 valence electrons. The number of fused-ring (bicyclic) bond motifs is 1. The molecular weight excluding hydrogens is 226 g/mol. The quantitative estimate of drug-likeness (QED) is 0.857. The first-order valence-corrected chi connectivity index (χ1v) is 6.67. The fourth-order valence-corrected chi connectivity index (χ4v) is 2.53. The second-order valence-electron chi connectivity index (χ2n) is 3.99. The average molecular weight is 241 g/mol. The number of hydrogen-bond donors (Lipinski definition) is 1. The van der Waals surface area contributed by atoms with Crippen LogP contribution in [0.4, 0.5) is 11.5 Å². The highest BCUT2D eigenvalue weighted by Crippen LogP contribution is 2.33.